The molecule has 0 aliphatic carbocycles. The molecule has 0 N–H and O–H groups in total. The highest BCUT2D eigenvalue weighted by Crippen LogP contribution is 2.37. The Kier molecular flexibility index (Phi) is 12.7. The monoisotopic (exact) mass is 598 g/mol. The lowest BCUT2D eigenvalue weighted by molar-refractivity contribution is -0.138. The van der Waals surface area contributed by atoms with Crippen LogP contribution < -0.4 is 0 Å². The van der Waals surface area contributed by atoms with Crippen LogP contribution in [0.3, 0.4) is 0 Å². The van der Waals surface area contributed by atoms with E-state index in [4.69, 9.17) is 23.7 Å². The van der Waals surface area contributed by atoms with Gasteiger partial charge in [0.05, 0.1) is 33.0 Å². The van der Waals surface area contributed by atoms with Gasteiger partial charge in [-0.3, -0.25) is 0 Å². The molecule has 0 amide bonds. The molecule has 5 atom stereocenters. The summed E-state index contributed by atoms with van der Waals surface area (Å²) in [5, 5.41) is 0. The van der Waals surface area contributed by atoms with Crippen molar-refractivity contribution in [1.82, 2.24) is 0 Å². The molecule has 6 heteroatoms. The molecule has 0 aromatic heterocycles. The van der Waals surface area contributed by atoms with Gasteiger partial charge in [-0.25, -0.2) is 0 Å². The fraction of sp³-hybridized carbons (Fsp3) is 0.351. The molecule has 0 radical (unpaired) electrons. The lowest BCUT2D eigenvalue weighted by atomic mass is 10.1. The van der Waals surface area contributed by atoms with E-state index < -0.39 is 0 Å². The molecule has 1 fully saturated rings. The second kappa shape index (κ2) is 17.4. The van der Waals surface area contributed by atoms with Gasteiger partial charge in [-0.15, -0.1) is 11.8 Å². The van der Waals surface area contributed by atoms with Gasteiger partial charge in [-0.05, 0) is 34.4 Å². The first-order valence-corrected chi connectivity index (χ1v) is 16.2. The van der Waals surface area contributed by atoms with Crippen molar-refractivity contribution in [3.8, 4) is 0 Å². The zero-order valence-corrected chi connectivity index (χ0v) is 25.6. The van der Waals surface area contributed by atoms with Crippen LogP contribution in [0.1, 0.15) is 35.6 Å². The van der Waals surface area contributed by atoms with E-state index in [9.17, 15) is 0 Å². The van der Waals surface area contributed by atoms with Crippen molar-refractivity contribution in [3.05, 3.63) is 144 Å². The van der Waals surface area contributed by atoms with Crippen LogP contribution in [0, 0.1) is 0 Å². The van der Waals surface area contributed by atoms with Crippen LogP contribution in [0.5, 0.6) is 0 Å². The van der Waals surface area contributed by atoms with E-state index in [1.165, 1.54) is 0 Å². The highest BCUT2D eigenvalue weighted by atomic mass is 32.2. The quantitative estimate of drug-likeness (QED) is 0.123. The number of thioether (sulfide) groups is 1. The summed E-state index contributed by atoms with van der Waals surface area (Å²) >= 11 is 1.79. The van der Waals surface area contributed by atoms with Crippen LogP contribution in [-0.4, -0.2) is 42.2 Å². The zero-order chi connectivity index (χ0) is 29.5. The molecule has 226 valence electrons. The maximum absolute atomic E-state index is 6.83. The van der Waals surface area contributed by atoms with E-state index in [0.717, 1.165) is 34.4 Å². The molecule has 4 aromatic carbocycles. The van der Waals surface area contributed by atoms with E-state index in [1.807, 2.05) is 72.8 Å². The van der Waals surface area contributed by atoms with Gasteiger partial charge in [0.25, 0.3) is 0 Å². The Morgan fingerprint density at radius 1 is 0.605 bits per heavy atom. The highest BCUT2D eigenvalue weighted by Gasteiger charge is 2.50. The van der Waals surface area contributed by atoms with Crippen LogP contribution in [-0.2, 0) is 50.1 Å². The minimum absolute atomic E-state index is 0.189. The Labute approximate surface area is 260 Å². The predicted molar refractivity (Wildman–Crippen MR) is 173 cm³/mol. The van der Waals surface area contributed by atoms with Gasteiger partial charge >= 0.3 is 0 Å². The van der Waals surface area contributed by atoms with E-state index in [2.05, 4.69) is 55.5 Å². The second-order valence-corrected chi connectivity index (χ2v) is 11.9. The van der Waals surface area contributed by atoms with Crippen LogP contribution in [0.15, 0.2) is 121 Å². The number of hydrogen-bond donors (Lipinski definition) is 0. The molecule has 5 nitrogen and oxygen atoms in total. The van der Waals surface area contributed by atoms with E-state index >= 15 is 0 Å². The summed E-state index contributed by atoms with van der Waals surface area (Å²) in [5.74, 6) is 0.966. The van der Waals surface area contributed by atoms with Gasteiger partial charge in [-0.2, -0.15) is 0 Å². The SMILES string of the molecule is CCCS[C@@H]1O[C@@H]([C@@H](COCc2ccccc2)OCc2ccccc2)[C@H](OCc2ccccc2)[C@H]1OCc1ccccc1. The summed E-state index contributed by atoms with van der Waals surface area (Å²) in [4.78, 5) is 0. The fourth-order valence-corrected chi connectivity index (χ4v) is 6.20. The Morgan fingerprint density at radius 2 is 1.07 bits per heavy atom. The number of benzene rings is 4. The minimum Gasteiger partial charge on any atom is -0.374 e. The summed E-state index contributed by atoms with van der Waals surface area (Å²) in [6.45, 7) is 4.44. The molecule has 1 aliphatic rings. The van der Waals surface area contributed by atoms with Crippen molar-refractivity contribution in [1.29, 1.82) is 0 Å². The summed E-state index contributed by atoms with van der Waals surface area (Å²) in [5.41, 5.74) is 4.26. The molecule has 0 spiro atoms. The molecular formula is C37H42O5S. The van der Waals surface area contributed by atoms with E-state index in [-0.39, 0.29) is 29.9 Å². The largest absolute Gasteiger partial charge is 0.374 e. The molecule has 43 heavy (non-hydrogen) atoms. The Balaban J connectivity index is 1.38. The first-order valence-electron chi connectivity index (χ1n) is 15.2. The van der Waals surface area contributed by atoms with Crippen LogP contribution >= 0.6 is 11.8 Å². The lowest BCUT2D eigenvalue weighted by Crippen LogP contribution is -2.44. The summed E-state index contributed by atoms with van der Waals surface area (Å²) < 4.78 is 33.1. The average Bonchev–Trinajstić information content (AvgIpc) is 3.42. The fourth-order valence-electron chi connectivity index (χ4n) is 5.10. The minimum atomic E-state index is -0.377. The molecule has 0 bridgehead atoms. The summed E-state index contributed by atoms with van der Waals surface area (Å²) in [6, 6.07) is 41.0. The maximum atomic E-state index is 6.83. The molecule has 4 aromatic rings. The molecule has 1 aliphatic heterocycles. The summed E-state index contributed by atoms with van der Waals surface area (Å²) in [6.07, 6.45) is -0.315. The average molecular weight is 599 g/mol. The van der Waals surface area contributed by atoms with Crippen molar-refractivity contribution >= 4 is 11.8 Å². The number of ether oxygens (including phenoxy) is 5. The molecule has 1 heterocycles. The van der Waals surface area contributed by atoms with Crippen molar-refractivity contribution in [2.45, 2.75) is 69.6 Å². The Bertz CT molecular complexity index is 1290. The van der Waals surface area contributed by atoms with Crippen LogP contribution in [0.25, 0.3) is 0 Å². The van der Waals surface area contributed by atoms with E-state index in [0.29, 0.717) is 33.0 Å². The normalized spacial score (nSPS) is 20.7. The number of hydrogen-bond acceptors (Lipinski definition) is 6. The zero-order valence-electron chi connectivity index (χ0n) is 24.8. The predicted octanol–water partition coefficient (Wildman–Crippen LogP) is 7.83. The Morgan fingerprint density at radius 3 is 1.58 bits per heavy atom. The van der Waals surface area contributed by atoms with Gasteiger partial charge < -0.3 is 23.7 Å². The third kappa shape index (κ3) is 9.77. The first-order chi connectivity index (χ1) is 21.3. The Hall–Kier alpha value is -2.97. The first kappa shape index (κ1) is 31.5. The molecule has 5 rings (SSSR count). The third-order valence-electron chi connectivity index (χ3n) is 7.33. The van der Waals surface area contributed by atoms with E-state index in [1.54, 1.807) is 11.8 Å². The standard InChI is InChI=1S/C37H42O5S/c1-2-23-43-37-36(41-27-32-21-13-6-14-22-32)35(40-26-31-19-11-5-12-20-31)34(42-37)33(39-25-30-17-9-4-10-18-30)28-38-24-29-15-7-3-8-16-29/h3-22,33-37H,2,23-28H2,1H3/t33-,34+,35+,36-,37+/m1/s1. The molecule has 0 saturated carbocycles. The van der Waals surface area contributed by atoms with Crippen molar-refractivity contribution in [2.24, 2.45) is 0 Å². The summed E-state index contributed by atoms with van der Waals surface area (Å²) in [7, 11) is 0. The van der Waals surface area contributed by atoms with Crippen LogP contribution in [0.2, 0.25) is 0 Å². The van der Waals surface area contributed by atoms with Gasteiger partial charge in [-0.1, -0.05) is 128 Å². The van der Waals surface area contributed by atoms with Gasteiger partial charge in [0, 0.05) is 0 Å². The van der Waals surface area contributed by atoms with Crippen LogP contribution in [0.4, 0.5) is 0 Å². The van der Waals surface area contributed by atoms with Crippen molar-refractivity contribution in [2.75, 3.05) is 12.4 Å². The highest BCUT2D eigenvalue weighted by molar-refractivity contribution is 7.99. The van der Waals surface area contributed by atoms with Crippen molar-refractivity contribution < 1.29 is 23.7 Å². The van der Waals surface area contributed by atoms with Crippen molar-refractivity contribution in [3.63, 3.8) is 0 Å². The van der Waals surface area contributed by atoms with Gasteiger partial charge in [0.15, 0.2) is 0 Å². The lowest BCUT2D eigenvalue weighted by Gasteiger charge is -2.29. The second-order valence-electron chi connectivity index (χ2n) is 10.7. The maximum Gasteiger partial charge on any atom is 0.132 e. The third-order valence-corrected chi connectivity index (χ3v) is 8.68. The molecular weight excluding hydrogens is 556 g/mol. The smallest absolute Gasteiger partial charge is 0.132 e. The molecule has 0 unspecified atom stereocenters. The number of rotatable bonds is 17. The topological polar surface area (TPSA) is 46.2 Å². The van der Waals surface area contributed by atoms with Gasteiger partial charge in [0.2, 0.25) is 0 Å². The van der Waals surface area contributed by atoms with Gasteiger partial charge in [0.1, 0.15) is 29.9 Å². The molecule has 1 saturated heterocycles.